The van der Waals surface area contributed by atoms with Crippen LogP contribution in [0, 0.1) is 0 Å². The monoisotopic (exact) mass is 324 g/mol. The normalized spacial score (nSPS) is 10.1. The molecule has 0 aliphatic rings. The Kier molecular flexibility index (Phi) is 4.33. The Bertz CT molecular complexity index is 525. The fraction of sp³-hybridized carbons (Fsp3) is 0.0769. The number of nitrogens with one attached hydrogen (secondary N) is 1. The number of carbonyl (C=O) groups is 1. The van der Waals surface area contributed by atoms with Crippen molar-refractivity contribution in [2.45, 2.75) is 6.42 Å². The number of amides is 1. The number of halogens is 2. The lowest BCUT2D eigenvalue weighted by Crippen LogP contribution is -2.15. The summed E-state index contributed by atoms with van der Waals surface area (Å²) >= 11 is 9.32. The number of hydrogen-bond acceptors (Lipinski definition) is 2. The fourth-order valence-corrected chi connectivity index (χ4v) is 2.04. The first-order chi connectivity index (χ1) is 8.66. The largest absolute Gasteiger partial charge is 0.325 e. The summed E-state index contributed by atoms with van der Waals surface area (Å²) in [6, 6.07) is 9.03. The first kappa shape index (κ1) is 13.1. The molecule has 1 heterocycles. The van der Waals surface area contributed by atoms with Crippen LogP contribution in [0.15, 0.2) is 47.2 Å². The van der Waals surface area contributed by atoms with Crippen LogP contribution in [0.5, 0.6) is 0 Å². The molecular formula is C13H10BrClN2O. The minimum atomic E-state index is -0.116. The lowest BCUT2D eigenvalue weighted by molar-refractivity contribution is -0.115. The summed E-state index contributed by atoms with van der Waals surface area (Å²) in [7, 11) is 0. The van der Waals surface area contributed by atoms with Crippen molar-refractivity contribution in [1.29, 1.82) is 0 Å². The number of anilines is 1. The van der Waals surface area contributed by atoms with Crippen LogP contribution in [0.4, 0.5) is 5.69 Å². The third-order valence-electron chi connectivity index (χ3n) is 2.36. The Morgan fingerprint density at radius 2 is 2.11 bits per heavy atom. The van der Waals surface area contributed by atoms with E-state index in [2.05, 4.69) is 26.2 Å². The van der Waals surface area contributed by atoms with Gasteiger partial charge in [0.05, 0.1) is 16.6 Å². The molecule has 18 heavy (non-hydrogen) atoms. The highest BCUT2D eigenvalue weighted by Gasteiger charge is 2.08. The van der Waals surface area contributed by atoms with Crippen molar-refractivity contribution in [3.63, 3.8) is 0 Å². The zero-order valence-electron chi connectivity index (χ0n) is 9.36. The molecule has 0 radical (unpaired) electrons. The second-order valence-corrected chi connectivity index (χ2v) is 4.93. The quantitative estimate of drug-likeness (QED) is 0.935. The van der Waals surface area contributed by atoms with Crippen LogP contribution in [-0.2, 0) is 11.2 Å². The summed E-state index contributed by atoms with van der Waals surface area (Å²) in [5.41, 5.74) is 1.50. The number of nitrogens with zero attached hydrogens (tertiary/aromatic N) is 1. The van der Waals surface area contributed by atoms with Crippen molar-refractivity contribution < 1.29 is 4.79 Å². The van der Waals surface area contributed by atoms with Gasteiger partial charge in [-0.25, -0.2) is 0 Å². The average Bonchev–Trinajstić information content (AvgIpc) is 2.35. The van der Waals surface area contributed by atoms with Crippen molar-refractivity contribution in [1.82, 2.24) is 4.98 Å². The molecular weight excluding hydrogens is 316 g/mol. The van der Waals surface area contributed by atoms with Gasteiger partial charge in [0.1, 0.15) is 0 Å². The van der Waals surface area contributed by atoms with Crippen molar-refractivity contribution in [2.24, 2.45) is 0 Å². The van der Waals surface area contributed by atoms with E-state index in [1.165, 1.54) is 0 Å². The van der Waals surface area contributed by atoms with E-state index >= 15 is 0 Å². The van der Waals surface area contributed by atoms with Gasteiger partial charge < -0.3 is 5.32 Å². The minimum Gasteiger partial charge on any atom is -0.325 e. The summed E-state index contributed by atoms with van der Waals surface area (Å²) in [6.07, 6.45) is 3.50. The molecule has 2 rings (SSSR count). The van der Waals surface area contributed by atoms with Gasteiger partial charge in [-0.2, -0.15) is 0 Å². The number of hydrogen-bond donors (Lipinski definition) is 1. The summed E-state index contributed by atoms with van der Waals surface area (Å²) < 4.78 is 0.748. The Labute approximate surface area is 118 Å². The second-order valence-electron chi connectivity index (χ2n) is 3.67. The molecule has 0 aliphatic heterocycles. The molecule has 0 saturated heterocycles. The van der Waals surface area contributed by atoms with E-state index in [4.69, 9.17) is 11.6 Å². The number of benzene rings is 1. The predicted molar refractivity (Wildman–Crippen MR) is 75.7 cm³/mol. The molecule has 0 fully saturated rings. The van der Waals surface area contributed by atoms with Crippen LogP contribution in [0.2, 0.25) is 5.02 Å². The van der Waals surface area contributed by atoms with E-state index in [1.807, 2.05) is 18.2 Å². The van der Waals surface area contributed by atoms with Crippen LogP contribution in [0.3, 0.4) is 0 Å². The highest BCUT2D eigenvalue weighted by Crippen LogP contribution is 2.21. The van der Waals surface area contributed by atoms with Gasteiger partial charge in [-0.15, -0.1) is 0 Å². The van der Waals surface area contributed by atoms with Gasteiger partial charge in [-0.05, 0) is 33.6 Å². The zero-order chi connectivity index (χ0) is 13.0. The van der Waals surface area contributed by atoms with Gasteiger partial charge in [0.2, 0.25) is 5.91 Å². The summed E-state index contributed by atoms with van der Waals surface area (Å²) in [5, 5.41) is 3.40. The molecule has 1 N–H and O–H groups in total. The lowest BCUT2D eigenvalue weighted by atomic mass is 10.1. The molecule has 2 aromatic rings. The van der Waals surface area contributed by atoms with E-state index < -0.39 is 0 Å². The van der Waals surface area contributed by atoms with Gasteiger partial charge in [0, 0.05) is 17.4 Å². The summed E-state index contributed by atoms with van der Waals surface area (Å²) in [5.74, 6) is -0.116. The molecule has 92 valence electrons. The van der Waals surface area contributed by atoms with Gasteiger partial charge in [-0.1, -0.05) is 29.8 Å². The number of aromatic nitrogens is 1. The molecule has 3 nitrogen and oxygen atoms in total. The highest BCUT2D eigenvalue weighted by atomic mass is 79.9. The summed E-state index contributed by atoms with van der Waals surface area (Å²) in [6.45, 7) is 0. The van der Waals surface area contributed by atoms with E-state index in [9.17, 15) is 4.79 Å². The molecule has 0 unspecified atom stereocenters. The highest BCUT2D eigenvalue weighted by molar-refractivity contribution is 9.10. The molecule has 1 amide bonds. The first-order valence-electron chi connectivity index (χ1n) is 5.29. The van der Waals surface area contributed by atoms with Gasteiger partial charge in [0.25, 0.3) is 0 Å². The maximum Gasteiger partial charge on any atom is 0.228 e. The standard InChI is InChI=1S/C13H10BrClN2O/c14-10-8-16-6-5-12(10)17-13(18)7-9-3-1-2-4-11(9)15/h1-6,8H,7H2,(H,16,17,18). The number of carbonyl (C=O) groups excluding carboxylic acids is 1. The van der Waals surface area contributed by atoms with Crippen LogP contribution < -0.4 is 5.32 Å². The van der Waals surface area contributed by atoms with E-state index in [0.29, 0.717) is 10.7 Å². The molecule has 0 aliphatic carbocycles. The van der Waals surface area contributed by atoms with E-state index in [-0.39, 0.29) is 12.3 Å². The topological polar surface area (TPSA) is 42.0 Å². The van der Waals surface area contributed by atoms with Crippen molar-refractivity contribution in [3.8, 4) is 0 Å². The van der Waals surface area contributed by atoms with Crippen LogP contribution in [0.25, 0.3) is 0 Å². The van der Waals surface area contributed by atoms with Gasteiger partial charge >= 0.3 is 0 Å². The zero-order valence-corrected chi connectivity index (χ0v) is 11.7. The van der Waals surface area contributed by atoms with Crippen molar-refractivity contribution in [2.75, 3.05) is 5.32 Å². The Balaban J connectivity index is 2.06. The van der Waals surface area contributed by atoms with Crippen LogP contribution in [-0.4, -0.2) is 10.9 Å². The number of rotatable bonds is 3. The third-order valence-corrected chi connectivity index (χ3v) is 3.36. The van der Waals surface area contributed by atoms with Crippen LogP contribution in [0.1, 0.15) is 5.56 Å². The summed E-state index contributed by atoms with van der Waals surface area (Å²) in [4.78, 5) is 15.8. The Hall–Kier alpha value is -1.39. The Morgan fingerprint density at radius 3 is 2.83 bits per heavy atom. The lowest BCUT2D eigenvalue weighted by Gasteiger charge is -2.07. The molecule has 0 bridgehead atoms. The smallest absolute Gasteiger partial charge is 0.228 e. The second kappa shape index (κ2) is 5.98. The minimum absolute atomic E-state index is 0.116. The van der Waals surface area contributed by atoms with Crippen molar-refractivity contribution >= 4 is 39.1 Å². The predicted octanol–water partition coefficient (Wildman–Crippen LogP) is 3.68. The number of pyridine rings is 1. The van der Waals surface area contributed by atoms with E-state index in [0.717, 1.165) is 10.0 Å². The van der Waals surface area contributed by atoms with Gasteiger partial charge in [-0.3, -0.25) is 9.78 Å². The molecule has 1 aromatic heterocycles. The molecule has 1 aromatic carbocycles. The maximum absolute atomic E-state index is 11.9. The molecule has 0 saturated carbocycles. The molecule has 0 spiro atoms. The van der Waals surface area contributed by atoms with E-state index in [1.54, 1.807) is 24.5 Å². The SMILES string of the molecule is O=C(Cc1ccccc1Cl)Nc1ccncc1Br. The average molecular weight is 326 g/mol. The first-order valence-corrected chi connectivity index (χ1v) is 6.46. The van der Waals surface area contributed by atoms with Gasteiger partial charge in [0.15, 0.2) is 0 Å². The Morgan fingerprint density at radius 1 is 1.33 bits per heavy atom. The van der Waals surface area contributed by atoms with Crippen molar-refractivity contribution in [3.05, 3.63) is 57.8 Å². The molecule has 0 atom stereocenters. The van der Waals surface area contributed by atoms with Crippen LogP contribution >= 0.6 is 27.5 Å². The third kappa shape index (κ3) is 3.31. The maximum atomic E-state index is 11.9. The fourth-order valence-electron chi connectivity index (χ4n) is 1.49. The molecule has 5 heteroatoms.